The maximum Gasteiger partial charge on any atom is 0.0734 e. The van der Waals surface area contributed by atoms with E-state index >= 15 is 0 Å². The van der Waals surface area contributed by atoms with Crippen LogP contribution in [0, 0.1) is 0 Å². The Morgan fingerprint density at radius 1 is 1.15 bits per heavy atom. The molecule has 0 aliphatic carbocycles. The quantitative estimate of drug-likeness (QED) is 0.719. The van der Waals surface area contributed by atoms with Gasteiger partial charge in [0.1, 0.15) is 0 Å². The van der Waals surface area contributed by atoms with Gasteiger partial charge in [-0.05, 0) is 36.2 Å². The molecular formula is C17H19N3. The Bertz CT molecular complexity index is 695. The fourth-order valence-corrected chi connectivity index (χ4v) is 2.49. The van der Waals surface area contributed by atoms with E-state index in [-0.39, 0.29) is 0 Å². The molecule has 0 aliphatic rings. The summed E-state index contributed by atoms with van der Waals surface area (Å²) in [7, 11) is 2.05. The molecule has 0 aliphatic heterocycles. The summed E-state index contributed by atoms with van der Waals surface area (Å²) in [4.78, 5) is 4.49. The predicted octanol–water partition coefficient (Wildman–Crippen LogP) is 2.91. The first-order valence-electron chi connectivity index (χ1n) is 6.97. The highest BCUT2D eigenvalue weighted by molar-refractivity contribution is 5.81. The minimum absolute atomic E-state index is 0.916. The molecule has 20 heavy (non-hydrogen) atoms. The normalized spacial score (nSPS) is 11.1. The van der Waals surface area contributed by atoms with E-state index in [1.165, 1.54) is 16.5 Å². The number of aromatic nitrogens is 2. The molecule has 0 atom stereocenters. The van der Waals surface area contributed by atoms with Crippen LogP contribution in [0.3, 0.4) is 0 Å². The van der Waals surface area contributed by atoms with Crippen LogP contribution in [0.1, 0.15) is 11.1 Å². The van der Waals surface area contributed by atoms with Gasteiger partial charge in [0, 0.05) is 37.6 Å². The van der Waals surface area contributed by atoms with Crippen LogP contribution in [0.5, 0.6) is 0 Å². The number of nitrogens with one attached hydrogen (secondary N) is 1. The van der Waals surface area contributed by atoms with Gasteiger partial charge in [0.05, 0.1) is 5.52 Å². The fraction of sp³-hybridized carbons (Fsp3) is 0.235. The molecule has 2 heterocycles. The summed E-state index contributed by atoms with van der Waals surface area (Å²) in [6.07, 6.45) is 7.09. The van der Waals surface area contributed by atoms with Crippen molar-refractivity contribution in [2.24, 2.45) is 7.05 Å². The minimum Gasteiger partial charge on any atom is -0.357 e. The van der Waals surface area contributed by atoms with Gasteiger partial charge in [-0.1, -0.05) is 24.3 Å². The number of rotatable bonds is 5. The Kier molecular flexibility index (Phi) is 3.79. The third kappa shape index (κ3) is 2.89. The monoisotopic (exact) mass is 265 g/mol. The summed E-state index contributed by atoms with van der Waals surface area (Å²) >= 11 is 0. The number of nitrogens with zero attached hydrogens (tertiary/aromatic N) is 2. The molecule has 0 radical (unpaired) electrons. The molecule has 0 fully saturated rings. The highest BCUT2D eigenvalue weighted by Crippen LogP contribution is 2.16. The molecule has 3 nitrogen and oxygen atoms in total. The van der Waals surface area contributed by atoms with Crippen LogP contribution in [-0.4, -0.2) is 16.1 Å². The molecule has 0 bridgehead atoms. The molecular weight excluding hydrogens is 246 g/mol. The second-order valence-corrected chi connectivity index (χ2v) is 5.10. The van der Waals surface area contributed by atoms with Crippen molar-refractivity contribution in [3.63, 3.8) is 0 Å². The van der Waals surface area contributed by atoms with Gasteiger partial charge < -0.3 is 9.88 Å². The van der Waals surface area contributed by atoms with E-state index in [0.717, 1.165) is 25.0 Å². The van der Waals surface area contributed by atoms with E-state index < -0.39 is 0 Å². The van der Waals surface area contributed by atoms with Crippen molar-refractivity contribution >= 4 is 10.9 Å². The van der Waals surface area contributed by atoms with Gasteiger partial charge in [0.2, 0.25) is 0 Å². The molecule has 0 saturated heterocycles. The fourth-order valence-electron chi connectivity index (χ4n) is 2.49. The lowest BCUT2D eigenvalue weighted by Crippen LogP contribution is -2.16. The summed E-state index contributed by atoms with van der Waals surface area (Å²) in [5.41, 5.74) is 3.75. The predicted molar refractivity (Wildman–Crippen MR) is 82.6 cm³/mol. The number of hydrogen-bond donors (Lipinski definition) is 1. The van der Waals surface area contributed by atoms with E-state index in [9.17, 15) is 0 Å². The van der Waals surface area contributed by atoms with E-state index in [1.807, 2.05) is 19.3 Å². The molecule has 1 aromatic carbocycles. The number of benzene rings is 1. The summed E-state index contributed by atoms with van der Waals surface area (Å²) in [5, 5.41) is 4.70. The van der Waals surface area contributed by atoms with Crippen LogP contribution in [-0.2, 0) is 20.0 Å². The summed E-state index contributed by atoms with van der Waals surface area (Å²) < 4.78 is 2.08. The Balaban J connectivity index is 1.60. The first kappa shape index (κ1) is 12.9. The Morgan fingerprint density at radius 3 is 2.90 bits per heavy atom. The van der Waals surface area contributed by atoms with Crippen molar-refractivity contribution < 1.29 is 0 Å². The molecule has 0 spiro atoms. The molecule has 3 rings (SSSR count). The Hall–Kier alpha value is -2.13. The zero-order valence-electron chi connectivity index (χ0n) is 11.7. The average molecular weight is 265 g/mol. The van der Waals surface area contributed by atoms with Gasteiger partial charge in [-0.2, -0.15) is 0 Å². The molecule has 3 aromatic rings. The molecule has 2 aromatic heterocycles. The van der Waals surface area contributed by atoms with Crippen molar-refractivity contribution in [1.29, 1.82) is 0 Å². The van der Waals surface area contributed by atoms with E-state index in [1.54, 1.807) is 0 Å². The molecule has 0 amide bonds. The standard InChI is InChI=1S/C17H19N3/c1-20-11-8-14(13-20)12-18-10-7-16-5-2-4-15-6-3-9-19-17(15)16/h2-6,8-9,11,13,18H,7,10,12H2,1H3. The highest BCUT2D eigenvalue weighted by atomic mass is 14.9. The summed E-state index contributed by atoms with van der Waals surface area (Å²) in [5.74, 6) is 0. The average Bonchev–Trinajstić information content (AvgIpc) is 2.89. The van der Waals surface area contributed by atoms with Gasteiger partial charge in [-0.3, -0.25) is 4.98 Å². The van der Waals surface area contributed by atoms with Gasteiger partial charge in [0.25, 0.3) is 0 Å². The Morgan fingerprint density at radius 2 is 2.05 bits per heavy atom. The zero-order chi connectivity index (χ0) is 13.8. The highest BCUT2D eigenvalue weighted by Gasteiger charge is 2.01. The SMILES string of the molecule is Cn1ccc(CNCCc2cccc3cccnc23)c1. The lowest BCUT2D eigenvalue weighted by molar-refractivity contribution is 0.687. The van der Waals surface area contributed by atoms with Crippen LogP contribution >= 0.6 is 0 Å². The van der Waals surface area contributed by atoms with Gasteiger partial charge in [-0.15, -0.1) is 0 Å². The molecule has 0 saturated carbocycles. The second kappa shape index (κ2) is 5.88. The largest absolute Gasteiger partial charge is 0.357 e. The lowest BCUT2D eigenvalue weighted by Gasteiger charge is -2.06. The van der Waals surface area contributed by atoms with Crippen molar-refractivity contribution in [3.05, 3.63) is 66.1 Å². The number of hydrogen-bond acceptors (Lipinski definition) is 2. The van der Waals surface area contributed by atoms with E-state index in [2.05, 4.69) is 57.6 Å². The van der Waals surface area contributed by atoms with Gasteiger partial charge in [-0.25, -0.2) is 0 Å². The molecule has 3 heteroatoms. The van der Waals surface area contributed by atoms with Crippen molar-refractivity contribution in [3.8, 4) is 0 Å². The van der Waals surface area contributed by atoms with Crippen molar-refractivity contribution in [1.82, 2.24) is 14.9 Å². The lowest BCUT2D eigenvalue weighted by atomic mass is 10.1. The summed E-state index contributed by atoms with van der Waals surface area (Å²) in [6.45, 7) is 1.88. The zero-order valence-corrected chi connectivity index (χ0v) is 11.7. The Labute approximate surface area is 119 Å². The van der Waals surface area contributed by atoms with Gasteiger partial charge in [0.15, 0.2) is 0 Å². The first-order valence-corrected chi connectivity index (χ1v) is 6.97. The maximum absolute atomic E-state index is 4.49. The van der Waals surface area contributed by atoms with Crippen LogP contribution in [0.2, 0.25) is 0 Å². The summed E-state index contributed by atoms with van der Waals surface area (Å²) in [6, 6.07) is 12.6. The molecule has 1 N–H and O–H groups in total. The van der Waals surface area contributed by atoms with Crippen LogP contribution in [0.4, 0.5) is 0 Å². The topological polar surface area (TPSA) is 29.9 Å². The minimum atomic E-state index is 0.916. The molecule has 102 valence electrons. The number of aryl methyl sites for hydroxylation is 1. The molecule has 0 unspecified atom stereocenters. The smallest absolute Gasteiger partial charge is 0.0734 e. The van der Waals surface area contributed by atoms with E-state index in [4.69, 9.17) is 0 Å². The van der Waals surface area contributed by atoms with Crippen LogP contribution in [0.25, 0.3) is 10.9 Å². The first-order chi connectivity index (χ1) is 9.83. The van der Waals surface area contributed by atoms with Crippen molar-refractivity contribution in [2.75, 3.05) is 6.54 Å². The number of fused-ring (bicyclic) bond motifs is 1. The van der Waals surface area contributed by atoms with Gasteiger partial charge >= 0.3 is 0 Å². The van der Waals surface area contributed by atoms with Crippen molar-refractivity contribution in [2.45, 2.75) is 13.0 Å². The maximum atomic E-state index is 4.49. The number of para-hydroxylation sites is 1. The third-order valence-electron chi connectivity index (χ3n) is 3.51. The van der Waals surface area contributed by atoms with Crippen LogP contribution in [0.15, 0.2) is 55.0 Å². The second-order valence-electron chi connectivity index (χ2n) is 5.10. The number of pyridine rings is 1. The third-order valence-corrected chi connectivity index (χ3v) is 3.51. The van der Waals surface area contributed by atoms with E-state index in [0.29, 0.717) is 0 Å². The van der Waals surface area contributed by atoms with Crippen LogP contribution < -0.4 is 5.32 Å².